The molecule has 0 aliphatic carbocycles. The van der Waals surface area contributed by atoms with Crippen LogP contribution in [0.3, 0.4) is 0 Å². The predicted octanol–water partition coefficient (Wildman–Crippen LogP) is 3.48. The van der Waals surface area contributed by atoms with Gasteiger partial charge in [0.2, 0.25) is 12.7 Å². The average Bonchev–Trinajstić information content (AvgIpc) is 3.25. The SMILES string of the molecule is NC(=O)CN(c1ccc(Cl)cc1C(O)c1ccccc1Cl)S(=O)(=O)c1ccc2c(c1)OCO2. The summed E-state index contributed by atoms with van der Waals surface area (Å²) in [6.45, 7) is -0.712. The number of carbonyl (C=O) groups excluding carboxylic acids is 1. The zero-order valence-electron chi connectivity index (χ0n) is 16.9. The maximum absolute atomic E-state index is 13.6. The highest BCUT2D eigenvalue weighted by Gasteiger charge is 2.32. The van der Waals surface area contributed by atoms with E-state index in [4.69, 9.17) is 38.4 Å². The summed E-state index contributed by atoms with van der Waals surface area (Å²) < 4.78 is 38.6. The summed E-state index contributed by atoms with van der Waals surface area (Å²) in [4.78, 5) is 11.7. The van der Waals surface area contributed by atoms with Crippen molar-refractivity contribution in [2.75, 3.05) is 17.6 Å². The normalized spacial score (nSPS) is 13.5. The molecule has 1 amide bonds. The first-order valence-corrected chi connectivity index (χ1v) is 11.8. The third kappa shape index (κ3) is 4.58. The first-order chi connectivity index (χ1) is 15.7. The molecule has 172 valence electrons. The maximum atomic E-state index is 13.6. The number of hydrogen-bond donors (Lipinski definition) is 2. The Morgan fingerprint density at radius 1 is 1.03 bits per heavy atom. The van der Waals surface area contributed by atoms with E-state index < -0.39 is 28.6 Å². The van der Waals surface area contributed by atoms with Crippen molar-refractivity contribution in [1.29, 1.82) is 0 Å². The molecule has 3 aromatic carbocycles. The van der Waals surface area contributed by atoms with Crippen molar-refractivity contribution in [3.8, 4) is 11.5 Å². The molecule has 0 saturated carbocycles. The molecule has 0 aromatic heterocycles. The minimum absolute atomic E-state index is 0.0169. The molecule has 1 atom stereocenters. The molecule has 33 heavy (non-hydrogen) atoms. The molecule has 0 radical (unpaired) electrons. The topological polar surface area (TPSA) is 119 Å². The molecule has 1 heterocycles. The van der Waals surface area contributed by atoms with Crippen molar-refractivity contribution in [2.45, 2.75) is 11.0 Å². The summed E-state index contributed by atoms with van der Waals surface area (Å²) in [7, 11) is -4.32. The van der Waals surface area contributed by atoms with Gasteiger partial charge in [0.1, 0.15) is 12.6 Å². The molecule has 3 N–H and O–H groups in total. The van der Waals surface area contributed by atoms with Crippen LogP contribution >= 0.6 is 23.2 Å². The van der Waals surface area contributed by atoms with Crippen LogP contribution in [0.4, 0.5) is 5.69 Å². The minimum atomic E-state index is -4.32. The van der Waals surface area contributed by atoms with E-state index in [0.29, 0.717) is 11.3 Å². The number of aliphatic hydroxyl groups excluding tert-OH is 1. The Bertz CT molecular complexity index is 1330. The van der Waals surface area contributed by atoms with Gasteiger partial charge in [-0.3, -0.25) is 9.10 Å². The Hall–Kier alpha value is -2.98. The Kier molecular flexibility index (Phi) is 6.40. The number of halogens is 2. The van der Waals surface area contributed by atoms with Crippen molar-refractivity contribution < 1.29 is 27.8 Å². The van der Waals surface area contributed by atoms with Crippen molar-refractivity contribution in [3.05, 3.63) is 81.8 Å². The van der Waals surface area contributed by atoms with Gasteiger partial charge >= 0.3 is 0 Å². The fourth-order valence-corrected chi connectivity index (χ4v) is 5.33. The van der Waals surface area contributed by atoms with Crippen molar-refractivity contribution in [3.63, 3.8) is 0 Å². The lowest BCUT2D eigenvalue weighted by molar-refractivity contribution is -0.116. The number of fused-ring (bicyclic) bond motifs is 1. The van der Waals surface area contributed by atoms with E-state index in [1.165, 1.54) is 36.4 Å². The van der Waals surface area contributed by atoms with E-state index in [9.17, 15) is 18.3 Å². The van der Waals surface area contributed by atoms with Gasteiger partial charge in [-0.2, -0.15) is 0 Å². The number of primary amides is 1. The summed E-state index contributed by atoms with van der Waals surface area (Å²) in [6.07, 6.45) is -1.34. The smallest absolute Gasteiger partial charge is 0.264 e. The number of nitrogens with two attached hydrogens (primary N) is 1. The lowest BCUT2D eigenvalue weighted by atomic mass is 9.99. The Morgan fingerprint density at radius 2 is 1.76 bits per heavy atom. The van der Waals surface area contributed by atoms with E-state index in [2.05, 4.69) is 0 Å². The Morgan fingerprint density at radius 3 is 2.48 bits per heavy atom. The van der Waals surface area contributed by atoms with Gasteiger partial charge in [0.15, 0.2) is 11.5 Å². The second-order valence-corrected chi connectivity index (χ2v) is 9.83. The van der Waals surface area contributed by atoms with Gasteiger partial charge in [-0.05, 0) is 36.4 Å². The summed E-state index contributed by atoms with van der Waals surface area (Å²) in [5.74, 6) is -0.244. The summed E-state index contributed by atoms with van der Waals surface area (Å²) in [6, 6.07) is 14.9. The molecule has 11 heteroatoms. The van der Waals surface area contributed by atoms with E-state index in [1.807, 2.05) is 0 Å². The monoisotopic (exact) mass is 508 g/mol. The number of hydrogen-bond acceptors (Lipinski definition) is 6. The standard InChI is InChI=1S/C22H18Cl2N2O6S/c23-13-5-7-18(16(9-13)22(28)15-3-1-2-4-17(15)24)26(11-21(25)27)33(29,30)14-6-8-19-20(10-14)32-12-31-19/h1-10,22,28H,11-12H2,(H2,25,27). The van der Waals surface area contributed by atoms with Crippen LogP contribution in [0.25, 0.3) is 0 Å². The zero-order valence-corrected chi connectivity index (χ0v) is 19.3. The van der Waals surface area contributed by atoms with Gasteiger partial charge in [-0.25, -0.2) is 8.42 Å². The Balaban J connectivity index is 1.86. The zero-order chi connectivity index (χ0) is 23.8. The highest BCUT2D eigenvalue weighted by atomic mass is 35.5. The van der Waals surface area contributed by atoms with Crippen molar-refractivity contribution in [2.24, 2.45) is 5.73 Å². The van der Waals surface area contributed by atoms with Crippen molar-refractivity contribution >= 4 is 44.8 Å². The number of carbonyl (C=O) groups is 1. The summed E-state index contributed by atoms with van der Waals surface area (Å²) >= 11 is 12.4. The molecule has 8 nitrogen and oxygen atoms in total. The molecule has 1 unspecified atom stereocenters. The molecule has 1 aliphatic heterocycles. The van der Waals surface area contributed by atoms with Crippen LogP contribution in [0.2, 0.25) is 10.0 Å². The second-order valence-electron chi connectivity index (χ2n) is 7.12. The highest BCUT2D eigenvalue weighted by molar-refractivity contribution is 7.92. The van der Waals surface area contributed by atoms with Gasteiger partial charge in [0.05, 0.1) is 10.6 Å². The molecule has 0 bridgehead atoms. The average molecular weight is 509 g/mol. The quantitative estimate of drug-likeness (QED) is 0.504. The molecule has 0 spiro atoms. The van der Waals surface area contributed by atoms with Crippen LogP contribution in [0.5, 0.6) is 11.5 Å². The molecule has 0 fully saturated rings. The predicted molar refractivity (Wildman–Crippen MR) is 123 cm³/mol. The van der Waals surface area contributed by atoms with Gasteiger partial charge in [0.25, 0.3) is 10.0 Å². The molecule has 0 saturated heterocycles. The minimum Gasteiger partial charge on any atom is -0.454 e. The second kappa shape index (κ2) is 9.11. The number of anilines is 1. The third-order valence-corrected chi connectivity index (χ3v) is 7.32. The van der Waals surface area contributed by atoms with E-state index in [0.717, 1.165) is 4.31 Å². The molecule has 4 rings (SSSR count). The summed E-state index contributed by atoms with van der Waals surface area (Å²) in [5.41, 5.74) is 5.87. The molecular formula is C22H18Cl2N2O6S. The molecule has 1 aliphatic rings. The van der Waals surface area contributed by atoms with Gasteiger partial charge < -0.3 is 20.3 Å². The number of sulfonamides is 1. The largest absolute Gasteiger partial charge is 0.454 e. The van der Waals surface area contributed by atoms with E-state index in [1.54, 1.807) is 24.3 Å². The number of aliphatic hydroxyl groups is 1. The Labute approximate surface area is 200 Å². The first-order valence-electron chi connectivity index (χ1n) is 9.61. The van der Waals surface area contributed by atoms with E-state index in [-0.39, 0.29) is 38.7 Å². The number of rotatable bonds is 7. The first kappa shape index (κ1) is 23.2. The van der Waals surface area contributed by atoms with E-state index >= 15 is 0 Å². The number of amides is 1. The van der Waals surface area contributed by atoms with Crippen LogP contribution in [0.1, 0.15) is 17.2 Å². The fourth-order valence-electron chi connectivity index (χ4n) is 3.44. The lowest BCUT2D eigenvalue weighted by Crippen LogP contribution is -2.39. The molecular weight excluding hydrogens is 491 g/mol. The van der Waals surface area contributed by atoms with Gasteiger partial charge in [-0.1, -0.05) is 41.4 Å². The fraction of sp³-hybridized carbons (Fsp3) is 0.136. The van der Waals surface area contributed by atoms with Crippen LogP contribution < -0.4 is 19.5 Å². The van der Waals surface area contributed by atoms with Crippen LogP contribution in [0.15, 0.2) is 65.6 Å². The van der Waals surface area contributed by atoms with Gasteiger partial charge in [-0.15, -0.1) is 0 Å². The van der Waals surface area contributed by atoms with Crippen LogP contribution in [-0.4, -0.2) is 32.8 Å². The number of benzene rings is 3. The van der Waals surface area contributed by atoms with Crippen LogP contribution in [0, 0.1) is 0 Å². The number of nitrogens with zero attached hydrogens (tertiary/aromatic N) is 1. The number of ether oxygens (including phenoxy) is 2. The van der Waals surface area contributed by atoms with Crippen molar-refractivity contribution in [1.82, 2.24) is 0 Å². The van der Waals surface area contributed by atoms with Gasteiger partial charge in [0, 0.05) is 27.2 Å². The van der Waals surface area contributed by atoms with Crippen LogP contribution in [-0.2, 0) is 14.8 Å². The molecule has 3 aromatic rings. The maximum Gasteiger partial charge on any atom is 0.264 e. The third-order valence-electron chi connectivity index (χ3n) is 4.98. The lowest BCUT2D eigenvalue weighted by Gasteiger charge is -2.27. The summed E-state index contributed by atoms with van der Waals surface area (Å²) in [5, 5.41) is 11.6. The highest BCUT2D eigenvalue weighted by Crippen LogP contribution is 2.39.